The van der Waals surface area contributed by atoms with Crippen LogP contribution in [0.25, 0.3) is 6.08 Å². The number of benzene rings is 2. The van der Waals surface area contributed by atoms with E-state index in [4.69, 9.17) is 11.6 Å². The van der Waals surface area contributed by atoms with E-state index >= 15 is 0 Å². The number of ketones is 1. The molecule has 3 aromatic rings. The highest BCUT2D eigenvalue weighted by molar-refractivity contribution is 7.14. The molecule has 0 radical (unpaired) electrons. The summed E-state index contributed by atoms with van der Waals surface area (Å²) in [6.45, 7) is 1.44. The third kappa shape index (κ3) is 4.67. The van der Waals surface area contributed by atoms with Crippen LogP contribution in [0.3, 0.4) is 0 Å². The molecular formula is C20H14ClFN2O2S. The molecule has 27 heavy (non-hydrogen) atoms. The van der Waals surface area contributed by atoms with E-state index in [-0.39, 0.29) is 11.7 Å². The Morgan fingerprint density at radius 1 is 1.19 bits per heavy atom. The Morgan fingerprint density at radius 2 is 1.93 bits per heavy atom. The van der Waals surface area contributed by atoms with Crippen molar-refractivity contribution in [2.24, 2.45) is 0 Å². The van der Waals surface area contributed by atoms with Crippen LogP contribution in [0.4, 0.5) is 15.2 Å². The first-order valence-electron chi connectivity index (χ1n) is 7.94. The molecule has 3 rings (SSSR count). The summed E-state index contributed by atoms with van der Waals surface area (Å²) in [6.07, 6.45) is 2.92. The van der Waals surface area contributed by atoms with Crippen LogP contribution in [0.15, 0.2) is 60.0 Å². The number of thiazole rings is 1. The summed E-state index contributed by atoms with van der Waals surface area (Å²) in [5.41, 5.74) is 1.54. The van der Waals surface area contributed by atoms with Gasteiger partial charge >= 0.3 is 0 Å². The Kier molecular flexibility index (Phi) is 5.78. The summed E-state index contributed by atoms with van der Waals surface area (Å²) in [6, 6.07) is 12.2. The number of hydrogen-bond donors (Lipinski definition) is 0. The third-order valence-electron chi connectivity index (χ3n) is 3.62. The fourth-order valence-electron chi connectivity index (χ4n) is 2.37. The summed E-state index contributed by atoms with van der Waals surface area (Å²) in [5, 5.41) is 2.73. The molecule has 1 aromatic heterocycles. The van der Waals surface area contributed by atoms with E-state index < -0.39 is 5.82 Å². The summed E-state index contributed by atoms with van der Waals surface area (Å²) < 4.78 is 12.9. The van der Waals surface area contributed by atoms with Crippen LogP contribution in [-0.4, -0.2) is 16.7 Å². The van der Waals surface area contributed by atoms with E-state index in [0.29, 0.717) is 27.1 Å². The molecule has 0 aliphatic rings. The van der Waals surface area contributed by atoms with Crippen LogP contribution >= 0.6 is 22.9 Å². The Bertz CT molecular complexity index is 1010. The number of anilines is 2. The van der Waals surface area contributed by atoms with Gasteiger partial charge in [-0.25, -0.2) is 9.37 Å². The average Bonchev–Trinajstić information content (AvgIpc) is 3.08. The molecule has 0 spiro atoms. The fourth-order valence-corrected chi connectivity index (χ4v) is 3.41. The predicted molar refractivity (Wildman–Crippen MR) is 106 cm³/mol. The second-order valence-corrected chi connectivity index (χ2v) is 6.87. The van der Waals surface area contributed by atoms with Crippen molar-refractivity contribution in [1.29, 1.82) is 0 Å². The normalized spacial score (nSPS) is 10.9. The van der Waals surface area contributed by atoms with E-state index in [0.717, 1.165) is 0 Å². The van der Waals surface area contributed by atoms with Crippen LogP contribution < -0.4 is 4.90 Å². The molecule has 0 aliphatic carbocycles. The van der Waals surface area contributed by atoms with Gasteiger partial charge in [0.25, 0.3) is 0 Å². The van der Waals surface area contributed by atoms with Crippen LogP contribution in [0, 0.1) is 5.82 Å². The van der Waals surface area contributed by atoms with Crippen LogP contribution in [-0.2, 0) is 4.79 Å². The molecule has 1 heterocycles. The fraction of sp³-hybridized carbons (Fsp3) is 0.0500. The Labute approximate surface area is 164 Å². The van der Waals surface area contributed by atoms with Crippen LogP contribution in [0.5, 0.6) is 0 Å². The van der Waals surface area contributed by atoms with Gasteiger partial charge in [0.1, 0.15) is 5.82 Å². The van der Waals surface area contributed by atoms with Crippen LogP contribution in [0.1, 0.15) is 23.0 Å². The minimum absolute atomic E-state index is 0.204. The Hall–Kier alpha value is -2.83. The zero-order valence-corrected chi connectivity index (χ0v) is 15.8. The molecule has 2 aromatic carbocycles. The molecule has 4 nitrogen and oxygen atoms in total. The van der Waals surface area contributed by atoms with Crippen molar-refractivity contribution >= 4 is 51.5 Å². The van der Waals surface area contributed by atoms with Crippen LogP contribution in [0.2, 0.25) is 5.02 Å². The zero-order chi connectivity index (χ0) is 19.4. The van der Waals surface area contributed by atoms with E-state index in [1.165, 1.54) is 53.5 Å². The molecular weight excluding hydrogens is 387 g/mol. The highest BCUT2D eigenvalue weighted by atomic mass is 35.5. The van der Waals surface area contributed by atoms with Crippen molar-refractivity contribution in [3.05, 3.63) is 82.1 Å². The molecule has 7 heteroatoms. The van der Waals surface area contributed by atoms with Gasteiger partial charge in [-0.1, -0.05) is 17.7 Å². The standard InChI is InChI=1S/C20H14ClFN2O2S/c1-13(25)24(18-4-2-3-15(21)11-18)20-23-17(12-27-20)9-10-19(26)14-5-7-16(22)8-6-14/h2-12H,1H3. The van der Waals surface area contributed by atoms with Gasteiger partial charge in [0.15, 0.2) is 10.9 Å². The number of rotatable bonds is 5. The van der Waals surface area contributed by atoms with Gasteiger partial charge in [0, 0.05) is 22.9 Å². The van der Waals surface area contributed by atoms with E-state index in [9.17, 15) is 14.0 Å². The van der Waals surface area contributed by atoms with Gasteiger partial charge < -0.3 is 0 Å². The van der Waals surface area contributed by atoms with Crippen molar-refractivity contribution in [2.75, 3.05) is 4.90 Å². The van der Waals surface area contributed by atoms with Gasteiger partial charge in [-0.05, 0) is 54.6 Å². The molecule has 0 unspecified atom stereocenters. The first kappa shape index (κ1) is 18.9. The smallest absolute Gasteiger partial charge is 0.230 e. The molecule has 0 atom stereocenters. The first-order chi connectivity index (χ1) is 12.9. The van der Waals surface area contributed by atoms with E-state index in [1.54, 1.807) is 35.7 Å². The Morgan fingerprint density at radius 3 is 2.59 bits per heavy atom. The van der Waals surface area contributed by atoms with E-state index in [1.807, 2.05) is 0 Å². The zero-order valence-electron chi connectivity index (χ0n) is 14.2. The number of carbonyl (C=O) groups is 2. The summed E-state index contributed by atoms with van der Waals surface area (Å²) in [4.78, 5) is 30.1. The molecule has 0 aliphatic heterocycles. The molecule has 0 bridgehead atoms. The number of halogens is 2. The van der Waals surface area contributed by atoms with Crippen molar-refractivity contribution in [3.63, 3.8) is 0 Å². The Balaban J connectivity index is 1.81. The first-order valence-corrected chi connectivity index (χ1v) is 9.19. The van der Waals surface area contributed by atoms with Crippen molar-refractivity contribution < 1.29 is 14.0 Å². The second-order valence-electron chi connectivity index (χ2n) is 5.59. The molecule has 1 amide bonds. The van der Waals surface area contributed by atoms with Crippen molar-refractivity contribution in [3.8, 4) is 0 Å². The maximum Gasteiger partial charge on any atom is 0.230 e. The molecule has 0 saturated carbocycles. The second kappa shape index (κ2) is 8.24. The average molecular weight is 401 g/mol. The monoisotopic (exact) mass is 400 g/mol. The highest BCUT2D eigenvalue weighted by Gasteiger charge is 2.17. The van der Waals surface area contributed by atoms with Gasteiger partial charge in [-0.15, -0.1) is 11.3 Å². The molecule has 136 valence electrons. The van der Waals surface area contributed by atoms with E-state index in [2.05, 4.69) is 4.98 Å². The number of hydrogen-bond acceptors (Lipinski definition) is 4. The summed E-state index contributed by atoms with van der Waals surface area (Å²) >= 11 is 7.29. The topological polar surface area (TPSA) is 50.3 Å². The minimum atomic E-state index is -0.398. The number of allylic oxidation sites excluding steroid dienone is 1. The quantitative estimate of drug-likeness (QED) is 0.418. The lowest BCUT2D eigenvalue weighted by atomic mass is 10.1. The van der Waals surface area contributed by atoms with Gasteiger partial charge in [-0.2, -0.15) is 0 Å². The number of aromatic nitrogens is 1. The maximum absolute atomic E-state index is 12.9. The lowest BCUT2D eigenvalue weighted by Crippen LogP contribution is -2.22. The maximum atomic E-state index is 12.9. The highest BCUT2D eigenvalue weighted by Crippen LogP contribution is 2.30. The summed E-state index contributed by atoms with van der Waals surface area (Å²) in [7, 11) is 0. The SMILES string of the molecule is CC(=O)N(c1cccc(Cl)c1)c1nc(C=CC(=O)c2ccc(F)cc2)cs1. The minimum Gasteiger partial charge on any atom is -0.289 e. The van der Waals surface area contributed by atoms with Gasteiger partial charge in [0.05, 0.1) is 11.4 Å². The number of carbonyl (C=O) groups excluding carboxylic acids is 2. The largest absolute Gasteiger partial charge is 0.289 e. The third-order valence-corrected chi connectivity index (χ3v) is 4.70. The lowest BCUT2D eigenvalue weighted by Gasteiger charge is -2.18. The van der Waals surface area contributed by atoms with Crippen molar-refractivity contribution in [1.82, 2.24) is 4.98 Å². The predicted octanol–water partition coefficient (Wildman–Crippen LogP) is 5.52. The number of nitrogens with zero attached hydrogens (tertiary/aromatic N) is 2. The number of amides is 1. The van der Waals surface area contributed by atoms with Gasteiger partial charge in [-0.3, -0.25) is 14.5 Å². The lowest BCUT2D eigenvalue weighted by molar-refractivity contribution is -0.115. The molecule has 0 N–H and O–H groups in total. The molecule has 0 saturated heterocycles. The molecule has 0 fully saturated rings. The van der Waals surface area contributed by atoms with Crippen molar-refractivity contribution in [2.45, 2.75) is 6.92 Å². The van der Waals surface area contributed by atoms with Gasteiger partial charge in [0.2, 0.25) is 5.91 Å². The summed E-state index contributed by atoms with van der Waals surface area (Å²) in [5.74, 6) is -0.864.